The van der Waals surface area contributed by atoms with Crippen LogP contribution in [-0.2, 0) is 9.53 Å². The molecule has 98 valence electrons. The maximum Gasteiger partial charge on any atom is 0.314 e. The lowest BCUT2D eigenvalue weighted by Crippen LogP contribution is -2.41. The number of hydrogen-bond donors (Lipinski definition) is 3. The Labute approximate surface area is 101 Å². The van der Waals surface area contributed by atoms with E-state index in [4.69, 9.17) is 9.84 Å². The third-order valence-corrected chi connectivity index (χ3v) is 2.06. The molecule has 6 nitrogen and oxygen atoms in total. The van der Waals surface area contributed by atoms with E-state index in [9.17, 15) is 9.59 Å². The summed E-state index contributed by atoms with van der Waals surface area (Å²) in [6.07, 6.45) is 3.99. The molecule has 0 aliphatic rings. The van der Waals surface area contributed by atoms with Crippen LogP contribution in [0.25, 0.3) is 0 Å². The van der Waals surface area contributed by atoms with Crippen molar-refractivity contribution in [2.24, 2.45) is 0 Å². The molecule has 2 amide bonds. The van der Waals surface area contributed by atoms with Crippen molar-refractivity contribution < 1.29 is 19.4 Å². The number of allylic oxidation sites excluding steroid dienone is 1. The van der Waals surface area contributed by atoms with Gasteiger partial charge in [0.1, 0.15) is 0 Å². The summed E-state index contributed by atoms with van der Waals surface area (Å²) in [4.78, 5) is 21.7. The first-order chi connectivity index (χ1) is 8.10. The summed E-state index contributed by atoms with van der Waals surface area (Å²) < 4.78 is 4.92. The van der Waals surface area contributed by atoms with Crippen LogP contribution < -0.4 is 10.6 Å². The average Bonchev–Trinajstić information content (AvgIpc) is 2.29. The minimum absolute atomic E-state index is 0.130. The molecule has 6 heteroatoms. The van der Waals surface area contributed by atoms with Gasteiger partial charge in [0.05, 0.1) is 12.5 Å². The maximum atomic E-state index is 11.3. The van der Waals surface area contributed by atoms with E-state index in [0.717, 1.165) is 6.42 Å². The molecule has 0 bridgehead atoms. The highest BCUT2D eigenvalue weighted by atomic mass is 16.5. The number of nitrogens with one attached hydrogen (secondary N) is 2. The van der Waals surface area contributed by atoms with Crippen molar-refractivity contribution in [1.29, 1.82) is 0 Å². The lowest BCUT2D eigenvalue weighted by atomic mass is 10.2. The number of carbonyl (C=O) groups is 2. The van der Waals surface area contributed by atoms with Crippen molar-refractivity contribution in [3.63, 3.8) is 0 Å². The lowest BCUT2D eigenvalue weighted by Gasteiger charge is -2.14. The first kappa shape index (κ1) is 15.4. The van der Waals surface area contributed by atoms with Crippen molar-refractivity contribution in [2.45, 2.75) is 25.9 Å². The smallest absolute Gasteiger partial charge is 0.314 e. The maximum absolute atomic E-state index is 11.3. The highest BCUT2D eigenvalue weighted by molar-refractivity contribution is 5.74. The van der Waals surface area contributed by atoms with Gasteiger partial charge in [0.15, 0.2) is 0 Å². The number of urea groups is 1. The van der Waals surface area contributed by atoms with Crippen LogP contribution >= 0.6 is 0 Å². The van der Waals surface area contributed by atoms with Crippen LogP contribution in [0.1, 0.15) is 19.8 Å². The summed E-state index contributed by atoms with van der Waals surface area (Å²) in [5.41, 5.74) is 0. The Balaban J connectivity index is 3.69. The molecule has 0 saturated carbocycles. The van der Waals surface area contributed by atoms with Crippen molar-refractivity contribution in [1.82, 2.24) is 10.6 Å². The molecule has 0 aliphatic heterocycles. The number of carboxylic acid groups (broad SMARTS) is 1. The molecule has 0 aromatic carbocycles. The normalized spacial score (nSPS) is 12.4. The predicted molar refractivity (Wildman–Crippen MR) is 63.9 cm³/mol. The van der Waals surface area contributed by atoms with E-state index >= 15 is 0 Å². The zero-order valence-corrected chi connectivity index (χ0v) is 10.2. The first-order valence-electron chi connectivity index (χ1n) is 5.47. The molecule has 0 saturated heterocycles. The predicted octanol–water partition coefficient (Wildman–Crippen LogP) is 0.741. The molecule has 1 atom stereocenters. The van der Waals surface area contributed by atoms with Gasteiger partial charge in [-0.1, -0.05) is 12.2 Å². The van der Waals surface area contributed by atoms with Crippen LogP contribution in [-0.4, -0.2) is 43.4 Å². The number of amides is 2. The van der Waals surface area contributed by atoms with Gasteiger partial charge < -0.3 is 20.5 Å². The average molecular weight is 244 g/mol. The summed E-state index contributed by atoms with van der Waals surface area (Å²) in [6.45, 7) is 2.64. The Morgan fingerprint density at radius 2 is 2.12 bits per heavy atom. The number of carbonyl (C=O) groups excluding carboxylic acids is 1. The molecule has 0 aromatic rings. The van der Waals surface area contributed by atoms with Crippen molar-refractivity contribution in [2.75, 3.05) is 20.2 Å². The summed E-state index contributed by atoms with van der Waals surface area (Å²) in [5.74, 6) is -0.952. The third-order valence-electron chi connectivity index (χ3n) is 2.06. The van der Waals surface area contributed by atoms with Gasteiger partial charge in [-0.3, -0.25) is 4.79 Å². The monoisotopic (exact) mass is 244 g/mol. The number of hydrogen-bond acceptors (Lipinski definition) is 3. The minimum atomic E-state index is -0.952. The van der Waals surface area contributed by atoms with Crippen LogP contribution in [0.15, 0.2) is 12.2 Å². The van der Waals surface area contributed by atoms with Gasteiger partial charge in [-0.05, 0) is 13.3 Å². The topological polar surface area (TPSA) is 87.7 Å². The quantitative estimate of drug-likeness (QED) is 0.434. The third kappa shape index (κ3) is 9.37. The van der Waals surface area contributed by atoms with Crippen LogP contribution in [0, 0.1) is 0 Å². The lowest BCUT2D eigenvalue weighted by molar-refractivity contribution is -0.139. The van der Waals surface area contributed by atoms with Gasteiger partial charge >= 0.3 is 12.0 Å². The Kier molecular flexibility index (Phi) is 8.77. The molecular weight excluding hydrogens is 224 g/mol. The SMILES string of the molecule is C/C=C/CCNC(=O)NCC(CC(=O)O)OC. The summed E-state index contributed by atoms with van der Waals surface area (Å²) >= 11 is 0. The van der Waals surface area contributed by atoms with Crippen molar-refractivity contribution >= 4 is 12.0 Å². The van der Waals surface area contributed by atoms with Gasteiger partial charge in [-0.15, -0.1) is 0 Å². The molecular formula is C11H20N2O4. The van der Waals surface area contributed by atoms with Crippen LogP contribution in [0.3, 0.4) is 0 Å². The molecule has 0 rings (SSSR count). The van der Waals surface area contributed by atoms with Crippen LogP contribution in [0.4, 0.5) is 4.79 Å². The highest BCUT2D eigenvalue weighted by Crippen LogP contribution is 1.95. The zero-order chi connectivity index (χ0) is 13.1. The molecule has 0 heterocycles. The Morgan fingerprint density at radius 1 is 1.41 bits per heavy atom. The van der Waals surface area contributed by atoms with E-state index < -0.39 is 12.1 Å². The second-order valence-corrected chi connectivity index (χ2v) is 3.45. The number of rotatable bonds is 8. The van der Waals surface area contributed by atoms with Crippen LogP contribution in [0.2, 0.25) is 0 Å². The number of carboxylic acids is 1. The van der Waals surface area contributed by atoms with E-state index in [0.29, 0.717) is 6.54 Å². The van der Waals surface area contributed by atoms with Gasteiger partial charge in [0.2, 0.25) is 0 Å². The van der Waals surface area contributed by atoms with Gasteiger partial charge in [0.25, 0.3) is 0 Å². The number of ether oxygens (including phenoxy) is 1. The standard InChI is InChI=1S/C11H20N2O4/c1-3-4-5-6-12-11(16)13-8-9(17-2)7-10(14)15/h3-4,9H,5-8H2,1-2H3,(H,14,15)(H2,12,13,16)/b4-3+. The zero-order valence-electron chi connectivity index (χ0n) is 10.2. The van der Waals surface area contributed by atoms with E-state index in [1.54, 1.807) is 0 Å². The second kappa shape index (κ2) is 9.65. The van der Waals surface area contributed by atoms with Crippen molar-refractivity contribution in [3.05, 3.63) is 12.2 Å². The summed E-state index contributed by atoms with van der Waals surface area (Å²) in [5, 5.41) is 13.8. The minimum Gasteiger partial charge on any atom is -0.481 e. The Bertz CT molecular complexity index is 266. The molecule has 17 heavy (non-hydrogen) atoms. The molecule has 0 aliphatic carbocycles. The largest absolute Gasteiger partial charge is 0.481 e. The van der Waals surface area contributed by atoms with Crippen LogP contribution in [0.5, 0.6) is 0 Å². The second-order valence-electron chi connectivity index (χ2n) is 3.45. The molecule has 0 spiro atoms. The van der Waals surface area contributed by atoms with E-state index in [1.165, 1.54) is 7.11 Å². The van der Waals surface area contributed by atoms with E-state index in [1.807, 2.05) is 19.1 Å². The molecule has 0 aromatic heterocycles. The summed E-state index contributed by atoms with van der Waals surface area (Å²) in [7, 11) is 1.42. The molecule has 3 N–H and O–H groups in total. The first-order valence-corrected chi connectivity index (χ1v) is 5.47. The fourth-order valence-electron chi connectivity index (χ4n) is 1.14. The summed E-state index contributed by atoms with van der Waals surface area (Å²) in [6, 6.07) is -0.318. The van der Waals surface area contributed by atoms with E-state index in [2.05, 4.69) is 10.6 Å². The fourth-order valence-corrected chi connectivity index (χ4v) is 1.14. The van der Waals surface area contributed by atoms with Crippen molar-refractivity contribution in [3.8, 4) is 0 Å². The fraction of sp³-hybridized carbons (Fsp3) is 0.636. The molecule has 0 fully saturated rings. The van der Waals surface area contributed by atoms with Gasteiger partial charge in [0, 0.05) is 20.2 Å². The molecule has 1 unspecified atom stereocenters. The number of aliphatic carboxylic acids is 1. The van der Waals surface area contributed by atoms with E-state index in [-0.39, 0.29) is 19.0 Å². The highest BCUT2D eigenvalue weighted by Gasteiger charge is 2.12. The Hall–Kier alpha value is -1.56. The van der Waals surface area contributed by atoms with Gasteiger partial charge in [-0.2, -0.15) is 0 Å². The number of methoxy groups -OCH3 is 1. The Morgan fingerprint density at radius 3 is 2.65 bits per heavy atom. The molecule has 0 radical (unpaired) electrons. The van der Waals surface area contributed by atoms with Gasteiger partial charge in [-0.25, -0.2) is 4.79 Å².